The summed E-state index contributed by atoms with van der Waals surface area (Å²) in [6, 6.07) is 11.0. The SMILES string of the molecule is CCNC(CC(C)CC)c1cccc2cccnc12. The Morgan fingerprint density at radius 2 is 1.95 bits per heavy atom. The van der Waals surface area contributed by atoms with E-state index in [-0.39, 0.29) is 0 Å². The molecule has 0 aliphatic rings. The molecule has 0 bridgehead atoms. The Morgan fingerprint density at radius 1 is 1.16 bits per heavy atom. The van der Waals surface area contributed by atoms with Crippen LogP contribution in [0.1, 0.15) is 45.2 Å². The van der Waals surface area contributed by atoms with Crippen LogP contribution in [-0.2, 0) is 0 Å². The molecule has 1 aromatic heterocycles. The third-order valence-electron chi connectivity index (χ3n) is 3.82. The highest BCUT2D eigenvalue weighted by atomic mass is 14.9. The first-order valence-electron chi connectivity index (χ1n) is 7.33. The normalized spacial score (nSPS) is 14.5. The molecule has 2 heteroatoms. The molecular weight excluding hydrogens is 232 g/mol. The van der Waals surface area contributed by atoms with Gasteiger partial charge in [0.2, 0.25) is 0 Å². The van der Waals surface area contributed by atoms with Crippen LogP contribution in [0.2, 0.25) is 0 Å². The smallest absolute Gasteiger partial charge is 0.0749 e. The summed E-state index contributed by atoms with van der Waals surface area (Å²) < 4.78 is 0. The molecule has 2 aromatic rings. The van der Waals surface area contributed by atoms with Gasteiger partial charge in [-0.25, -0.2) is 0 Å². The summed E-state index contributed by atoms with van der Waals surface area (Å²) in [6.45, 7) is 7.74. The molecule has 0 fully saturated rings. The highest BCUT2D eigenvalue weighted by Crippen LogP contribution is 2.28. The molecule has 0 spiro atoms. The summed E-state index contributed by atoms with van der Waals surface area (Å²) >= 11 is 0. The van der Waals surface area contributed by atoms with Gasteiger partial charge in [-0.2, -0.15) is 0 Å². The summed E-state index contributed by atoms with van der Waals surface area (Å²) in [4.78, 5) is 4.58. The van der Waals surface area contributed by atoms with Gasteiger partial charge in [-0.3, -0.25) is 4.98 Å². The Morgan fingerprint density at radius 3 is 2.68 bits per heavy atom. The Hall–Kier alpha value is -1.41. The van der Waals surface area contributed by atoms with Gasteiger partial charge in [0.15, 0.2) is 0 Å². The lowest BCUT2D eigenvalue weighted by atomic mass is 9.93. The maximum absolute atomic E-state index is 4.58. The van der Waals surface area contributed by atoms with Crippen LogP contribution in [0.15, 0.2) is 36.5 Å². The van der Waals surface area contributed by atoms with Gasteiger partial charge in [-0.1, -0.05) is 51.5 Å². The molecule has 2 atom stereocenters. The van der Waals surface area contributed by atoms with E-state index in [0.29, 0.717) is 6.04 Å². The molecule has 102 valence electrons. The molecule has 2 rings (SSSR count). The fourth-order valence-electron chi connectivity index (χ4n) is 2.54. The number of hydrogen-bond acceptors (Lipinski definition) is 2. The van der Waals surface area contributed by atoms with Crippen molar-refractivity contribution in [2.24, 2.45) is 5.92 Å². The summed E-state index contributed by atoms with van der Waals surface area (Å²) in [5.41, 5.74) is 2.47. The van der Waals surface area contributed by atoms with Gasteiger partial charge >= 0.3 is 0 Å². The number of hydrogen-bond donors (Lipinski definition) is 1. The van der Waals surface area contributed by atoms with Crippen LogP contribution in [0, 0.1) is 5.92 Å². The molecule has 0 radical (unpaired) electrons. The van der Waals surface area contributed by atoms with Crippen molar-refractivity contribution in [3.05, 3.63) is 42.1 Å². The molecule has 1 aromatic carbocycles. The molecule has 1 heterocycles. The zero-order valence-corrected chi connectivity index (χ0v) is 12.2. The van der Waals surface area contributed by atoms with E-state index in [2.05, 4.69) is 55.3 Å². The predicted molar refractivity (Wildman–Crippen MR) is 82.2 cm³/mol. The van der Waals surface area contributed by atoms with Gasteiger partial charge < -0.3 is 5.32 Å². The highest BCUT2D eigenvalue weighted by Gasteiger charge is 2.16. The van der Waals surface area contributed by atoms with E-state index in [4.69, 9.17) is 0 Å². The zero-order chi connectivity index (χ0) is 13.7. The van der Waals surface area contributed by atoms with E-state index < -0.39 is 0 Å². The molecule has 0 aliphatic carbocycles. The number of nitrogens with one attached hydrogen (secondary N) is 1. The van der Waals surface area contributed by atoms with Gasteiger partial charge in [0.25, 0.3) is 0 Å². The fraction of sp³-hybridized carbons (Fsp3) is 0.471. The molecule has 2 unspecified atom stereocenters. The quantitative estimate of drug-likeness (QED) is 0.832. The number of nitrogens with zero attached hydrogens (tertiary/aromatic N) is 1. The van der Waals surface area contributed by atoms with E-state index in [1.54, 1.807) is 0 Å². The van der Waals surface area contributed by atoms with Crippen molar-refractivity contribution < 1.29 is 0 Å². The minimum Gasteiger partial charge on any atom is -0.310 e. The molecule has 1 N–H and O–H groups in total. The Kier molecular flexibility index (Phi) is 4.92. The maximum atomic E-state index is 4.58. The summed E-state index contributed by atoms with van der Waals surface area (Å²) in [5.74, 6) is 0.725. The van der Waals surface area contributed by atoms with Crippen molar-refractivity contribution >= 4 is 10.9 Å². The third-order valence-corrected chi connectivity index (χ3v) is 3.82. The fourth-order valence-corrected chi connectivity index (χ4v) is 2.54. The number of para-hydroxylation sites is 1. The molecule has 0 aliphatic heterocycles. The van der Waals surface area contributed by atoms with Crippen molar-refractivity contribution in [1.82, 2.24) is 10.3 Å². The first-order chi connectivity index (χ1) is 9.26. The van der Waals surface area contributed by atoms with E-state index >= 15 is 0 Å². The minimum atomic E-state index is 0.401. The standard InChI is InChI=1S/C17H24N2/c1-4-13(3)12-16(18-5-2)15-10-6-8-14-9-7-11-19-17(14)15/h6-11,13,16,18H,4-5,12H2,1-3H3. The molecule has 2 nitrogen and oxygen atoms in total. The van der Waals surface area contributed by atoms with Crippen molar-refractivity contribution in [3.63, 3.8) is 0 Å². The van der Waals surface area contributed by atoms with Crippen molar-refractivity contribution in [1.29, 1.82) is 0 Å². The predicted octanol–water partition coefficient (Wildman–Crippen LogP) is 4.32. The summed E-state index contributed by atoms with van der Waals surface area (Å²) in [7, 11) is 0. The van der Waals surface area contributed by atoms with Crippen LogP contribution in [0.4, 0.5) is 0 Å². The first-order valence-corrected chi connectivity index (χ1v) is 7.33. The Balaban J connectivity index is 2.38. The minimum absolute atomic E-state index is 0.401. The van der Waals surface area contributed by atoms with Crippen molar-refractivity contribution in [3.8, 4) is 0 Å². The van der Waals surface area contributed by atoms with E-state index in [9.17, 15) is 0 Å². The van der Waals surface area contributed by atoms with E-state index in [1.165, 1.54) is 23.8 Å². The molecule has 0 saturated carbocycles. The number of benzene rings is 1. The largest absolute Gasteiger partial charge is 0.310 e. The lowest BCUT2D eigenvalue weighted by Crippen LogP contribution is -2.23. The van der Waals surface area contributed by atoms with Crippen LogP contribution >= 0.6 is 0 Å². The summed E-state index contributed by atoms with van der Waals surface area (Å²) in [5, 5.41) is 4.85. The molecule has 0 saturated heterocycles. The van der Waals surface area contributed by atoms with Gasteiger partial charge in [0.1, 0.15) is 0 Å². The van der Waals surface area contributed by atoms with Crippen molar-refractivity contribution in [2.75, 3.05) is 6.54 Å². The van der Waals surface area contributed by atoms with Crippen LogP contribution in [0.5, 0.6) is 0 Å². The second kappa shape index (κ2) is 6.67. The van der Waals surface area contributed by atoms with Crippen LogP contribution in [-0.4, -0.2) is 11.5 Å². The molecule has 19 heavy (non-hydrogen) atoms. The highest BCUT2D eigenvalue weighted by molar-refractivity contribution is 5.81. The molecular formula is C17H24N2. The Labute approximate surface area is 116 Å². The first kappa shape index (κ1) is 14.0. The number of aromatic nitrogens is 1. The zero-order valence-electron chi connectivity index (χ0n) is 12.2. The average Bonchev–Trinajstić information content (AvgIpc) is 2.46. The van der Waals surface area contributed by atoms with E-state index in [1.807, 2.05) is 12.3 Å². The van der Waals surface area contributed by atoms with Crippen LogP contribution in [0.3, 0.4) is 0 Å². The van der Waals surface area contributed by atoms with Crippen LogP contribution < -0.4 is 5.32 Å². The van der Waals surface area contributed by atoms with Gasteiger partial charge in [-0.15, -0.1) is 0 Å². The second-order valence-corrected chi connectivity index (χ2v) is 5.28. The average molecular weight is 256 g/mol. The topological polar surface area (TPSA) is 24.9 Å². The Bertz CT molecular complexity index is 516. The lowest BCUT2D eigenvalue weighted by Gasteiger charge is -2.22. The van der Waals surface area contributed by atoms with Gasteiger partial charge in [-0.05, 0) is 30.5 Å². The van der Waals surface area contributed by atoms with Crippen LogP contribution in [0.25, 0.3) is 10.9 Å². The lowest BCUT2D eigenvalue weighted by molar-refractivity contribution is 0.410. The van der Waals surface area contributed by atoms with Gasteiger partial charge in [0, 0.05) is 17.6 Å². The number of fused-ring (bicyclic) bond motifs is 1. The number of pyridine rings is 1. The summed E-state index contributed by atoms with van der Waals surface area (Å²) in [6.07, 6.45) is 4.28. The van der Waals surface area contributed by atoms with Gasteiger partial charge in [0.05, 0.1) is 5.52 Å². The maximum Gasteiger partial charge on any atom is 0.0749 e. The molecule has 0 amide bonds. The number of rotatable bonds is 6. The van der Waals surface area contributed by atoms with Crippen molar-refractivity contribution in [2.45, 2.75) is 39.7 Å². The monoisotopic (exact) mass is 256 g/mol. The third kappa shape index (κ3) is 3.32. The van der Waals surface area contributed by atoms with E-state index in [0.717, 1.165) is 18.0 Å². The second-order valence-electron chi connectivity index (χ2n) is 5.28.